The molecule has 0 aromatic heterocycles. The van der Waals surface area contributed by atoms with Gasteiger partial charge in [-0.1, -0.05) is 24.3 Å². The normalized spacial score (nSPS) is 13.8. The van der Waals surface area contributed by atoms with Gasteiger partial charge < -0.3 is 15.5 Å². The Morgan fingerprint density at radius 1 is 1.20 bits per heavy atom. The minimum Gasteiger partial charge on any atom is -0.357 e. The Hall–Kier alpha value is -1.60. The number of rotatable bonds is 9. The largest absolute Gasteiger partial charge is 0.357 e. The van der Waals surface area contributed by atoms with Crippen molar-refractivity contribution in [2.45, 2.75) is 39.4 Å². The average Bonchev–Trinajstić information content (AvgIpc) is 2.51. The summed E-state index contributed by atoms with van der Waals surface area (Å²) < 4.78 is 22.6. The predicted octanol–water partition coefficient (Wildman–Crippen LogP) is 1.63. The van der Waals surface area contributed by atoms with Crippen molar-refractivity contribution in [3.63, 3.8) is 0 Å². The van der Waals surface area contributed by atoms with Crippen molar-refractivity contribution in [2.24, 2.45) is 4.99 Å². The fraction of sp³-hybridized carbons (Fsp3) is 0.611. The second-order valence-corrected chi connectivity index (χ2v) is 8.97. The first-order valence-corrected chi connectivity index (χ1v) is 10.7. The summed E-state index contributed by atoms with van der Waals surface area (Å²) in [6.45, 7) is 6.23. The fourth-order valence-corrected chi connectivity index (χ4v) is 3.08. The molecule has 0 aliphatic rings. The lowest BCUT2D eigenvalue weighted by Crippen LogP contribution is -2.42. The van der Waals surface area contributed by atoms with Gasteiger partial charge in [0.25, 0.3) is 0 Å². The molecule has 1 rings (SSSR count). The molecule has 1 atom stereocenters. The zero-order chi connectivity index (χ0) is 18.9. The number of sulfone groups is 1. The Labute approximate surface area is 152 Å². The molecule has 1 aromatic carbocycles. The third-order valence-corrected chi connectivity index (χ3v) is 4.57. The zero-order valence-corrected chi connectivity index (χ0v) is 16.9. The Morgan fingerprint density at radius 3 is 2.32 bits per heavy atom. The van der Waals surface area contributed by atoms with Crippen molar-refractivity contribution in [1.29, 1.82) is 0 Å². The smallest absolute Gasteiger partial charge is 0.191 e. The zero-order valence-electron chi connectivity index (χ0n) is 16.0. The van der Waals surface area contributed by atoms with Gasteiger partial charge in [-0.25, -0.2) is 13.4 Å². The van der Waals surface area contributed by atoms with Crippen molar-refractivity contribution in [2.75, 3.05) is 32.6 Å². The van der Waals surface area contributed by atoms with Crippen LogP contribution in [0.4, 0.5) is 0 Å². The minimum atomic E-state index is -2.94. The van der Waals surface area contributed by atoms with Crippen molar-refractivity contribution in [3.8, 4) is 0 Å². The Kier molecular flexibility index (Phi) is 8.92. The maximum absolute atomic E-state index is 11.3. The van der Waals surface area contributed by atoms with Crippen LogP contribution in [0.25, 0.3) is 0 Å². The molecule has 0 saturated heterocycles. The lowest BCUT2D eigenvalue weighted by Gasteiger charge is -2.17. The van der Waals surface area contributed by atoms with Crippen molar-refractivity contribution >= 4 is 15.8 Å². The number of aliphatic imine (C=N–C) groups is 1. The van der Waals surface area contributed by atoms with Gasteiger partial charge in [-0.3, -0.25) is 0 Å². The van der Waals surface area contributed by atoms with Crippen LogP contribution < -0.4 is 10.6 Å². The van der Waals surface area contributed by atoms with Crippen LogP contribution in [0.1, 0.15) is 31.4 Å². The van der Waals surface area contributed by atoms with E-state index in [2.05, 4.69) is 58.9 Å². The quantitative estimate of drug-likeness (QED) is 0.512. The van der Waals surface area contributed by atoms with E-state index >= 15 is 0 Å². The molecule has 0 heterocycles. The summed E-state index contributed by atoms with van der Waals surface area (Å²) in [5, 5.41) is 6.47. The van der Waals surface area contributed by atoms with Crippen molar-refractivity contribution in [3.05, 3.63) is 35.4 Å². The van der Waals surface area contributed by atoms with E-state index in [0.29, 0.717) is 18.9 Å². The second kappa shape index (κ2) is 10.4. The molecular weight excluding hydrogens is 336 g/mol. The van der Waals surface area contributed by atoms with E-state index in [1.807, 2.05) is 13.8 Å². The highest BCUT2D eigenvalue weighted by molar-refractivity contribution is 7.90. The number of hydrogen-bond donors (Lipinski definition) is 2. The Morgan fingerprint density at radius 2 is 1.80 bits per heavy atom. The van der Waals surface area contributed by atoms with Crippen LogP contribution in [0, 0.1) is 0 Å². The second-order valence-electron chi connectivity index (χ2n) is 6.71. The van der Waals surface area contributed by atoms with Crippen molar-refractivity contribution in [1.82, 2.24) is 15.5 Å². The Bertz CT molecular complexity index is 640. The fourth-order valence-electron chi connectivity index (χ4n) is 2.30. The summed E-state index contributed by atoms with van der Waals surface area (Å²) in [5.74, 6) is 0.884. The first-order valence-electron chi connectivity index (χ1n) is 8.64. The highest BCUT2D eigenvalue weighted by Crippen LogP contribution is 2.07. The van der Waals surface area contributed by atoms with E-state index in [9.17, 15) is 8.42 Å². The summed E-state index contributed by atoms with van der Waals surface area (Å²) in [5.41, 5.74) is 2.42. The van der Waals surface area contributed by atoms with Gasteiger partial charge in [-0.2, -0.15) is 0 Å². The summed E-state index contributed by atoms with van der Waals surface area (Å²) in [6.07, 6.45) is 1.82. The summed E-state index contributed by atoms with van der Waals surface area (Å²) in [6, 6.07) is 8.48. The predicted molar refractivity (Wildman–Crippen MR) is 106 cm³/mol. The highest BCUT2D eigenvalue weighted by atomic mass is 32.2. The van der Waals surface area contributed by atoms with E-state index < -0.39 is 9.84 Å². The number of benzene rings is 1. The number of hydrogen-bond acceptors (Lipinski definition) is 4. The standard InChI is InChI=1S/C18H32N4O2S/c1-6-19-18(21-15(2)11-12-25(5,23)24)20-13-16-7-9-17(10-8-16)14-22(3)4/h7-10,15H,6,11-14H2,1-5H3,(H2,19,20,21). The van der Waals surface area contributed by atoms with Crippen molar-refractivity contribution < 1.29 is 8.42 Å². The third kappa shape index (κ3) is 10.1. The number of guanidine groups is 1. The first-order chi connectivity index (χ1) is 11.7. The monoisotopic (exact) mass is 368 g/mol. The van der Waals surface area contributed by atoms with E-state index in [1.165, 1.54) is 11.8 Å². The Balaban J connectivity index is 2.62. The minimum absolute atomic E-state index is 0.0370. The molecule has 7 heteroatoms. The van der Waals surface area contributed by atoms with Crippen LogP contribution >= 0.6 is 0 Å². The van der Waals surface area contributed by atoms with Gasteiger partial charge in [0.1, 0.15) is 9.84 Å². The summed E-state index contributed by atoms with van der Waals surface area (Å²) >= 11 is 0. The first kappa shape index (κ1) is 21.4. The van der Waals surface area contributed by atoms with E-state index in [0.717, 1.165) is 18.7 Å². The molecule has 6 nitrogen and oxygen atoms in total. The number of nitrogens with zero attached hydrogens (tertiary/aromatic N) is 2. The van der Waals surface area contributed by atoms with Crippen LogP contribution in [0.3, 0.4) is 0 Å². The third-order valence-electron chi connectivity index (χ3n) is 3.59. The van der Waals surface area contributed by atoms with Gasteiger partial charge in [0.2, 0.25) is 0 Å². The molecule has 0 aliphatic heterocycles. The molecule has 0 aliphatic carbocycles. The van der Waals surface area contributed by atoms with Gasteiger partial charge in [-0.05, 0) is 45.5 Å². The van der Waals surface area contributed by atoms with Gasteiger partial charge in [0.05, 0.1) is 12.3 Å². The van der Waals surface area contributed by atoms with Gasteiger partial charge >= 0.3 is 0 Å². The maximum atomic E-state index is 11.3. The summed E-state index contributed by atoms with van der Waals surface area (Å²) in [4.78, 5) is 6.73. The average molecular weight is 369 g/mol. The molecule has 25 heavy (non-hydrogen) atoms. The number of nitrogens with one attached hydrogen (secondary N) is 2. The van der Waals surface area contributed by atoms with Crippen LogP contribution in [-0.2, 0) is 22.9 Å². The molecular formula is C18H32N4O2S. The lowest BCUT2D eigenvalue weighted by atomic mass is 10.1. The molecule has 0 bridgehead atoms. The molecule has 0 spiro atoms. The maximum Gasteiger partial charge on any atom is 0.191 e. The van der Waals surface area contributed by atoms with Gasteiger partial charge in [0, 0.05) is 25.4 Å². The molecule has 0 saturated carbocycles. The SMILES string of the molecule is CCNC(=NCc1ccc(CN(C)C)cc1)NC(C)CCS(C)(=O)=O. The van der Waals surface area contributed by atoms with Crippen LogP contribution in [0.2, 0.25) is 0 Å². The van der Waals surface area contributed by atoms with Crippen LogP contribution in [0.5, 0.6) is 0 Å². The van der Waals surface area contributed by atoms with Gasteiger partial charge in [-0.15, -0.1) is 0 Å². The van der Waals surface area contributed by atoms with E-state index in [-0.39, 0.29) is 11.8 Å². The molecule has 142 valence electrons. The molecule has 0 amide bonds. The van der Waals surface area contributed by atoms with Gasteiger partial charge in [0.15, 0.2) is 5.96 Å². The van der Waals surface area contributed by atoms with E-state index in [1.54, 1.807) is 0 Å². The summed E-state index contributed by atoms with van der Waals surface area (Å²) in [7, 11) is 1.17. The molecule has 2 N–H and O–H groups in total. The molecule has 0 radical (unpaired) electrons. The van der Waals surface area contributed by atoms with Crippen LogP contribution in [-0.4, -0.2) is 58.0 Å². The highest BCUT2D eigenvalue weighted by Gasteiger charge is 2.09. The molecule has 1 unspecified atom stereocenters. The molecule has 0 fully saturated rings. The topological polar surface area (TPSA) is 73.8 Å². The molecule has 1 aromatic rings. The van der Waals surface area contributed by atoms with Crippen LogP contribution in [0.15, 0.2) is 29.3 Å². The lowest BCUT2D eigenvalue weighted by molar-refractivity contribution is 0.402. The van der Waals surface area contributed by atoms with E-state index in [4.69, 9.17) is 0 Å².